The second-order valence-electron chi connectivity index (χ2n) is 13.6. The Bertz CT molecular complexity index is 1190. The molecule has 4 heterocycles. The average molecular weight is 452 g/mol. The first-order valence-corrected chi connectivity index (χ1v) is 12.6. The van der Waals surface area contributed by atoms with Crippen LogP contribution in [-0.2, 0) is 21.7 Å². The number of nitrogens with one attached hydrogen (secondary N) is 3. The maximum absolute atomic E-state index is 3.79. The van der Waals surface area contributed by atoms with Crippen molar-refractivity contribution in [3.8, 4) is 10.6 Å². The zero-order valence-corrected chi connectivity index (χ0v) is 22.9. The molecule has 0 saturated carbocycles. The van der Waals surface area contributed by atoms with Gasteiger partial charge in [0.05, 0.1) is 10.6 Å². The van der Waals surface area contributed by atoms with Crippen molar-refractivity contribution in [2.24, 2.45) is 0 Å². The molecule has 4 aromatic rings. The second kappa shape index (κ2) is 6.79. The maximum Gasteiger partial charge on any atom is 0.115 e. The fourth-order valence-corrected chi connectivity index (χ4v) is 6.04. The maximum atomic E-state index is 3.79. The van der Waals surface area contributed by atoms with E-state index in [1.165, 1.54) is 48.7 Å². The summed E-state index contributed by atoms with van der Waals surface area (Å²) >= 11 is 1.86. The van der Waals surface area contributed by atoms with Crippen LogP contribution in [0.25, 0.3) is 31.8 Å². The lowest BCUT2D eigenvalue weighted by Gasteiger charge is -2.27. The van der Waals surface area contributed by atoms with Crippen LogP contribution >= 0.6 is 11.3 Å². The molecule has 0 bridgehead atoms. The highest BCUT2D eigenvalue weighted by Gasteiger charge is 2.32. The molecule has 0 aromatic carbocycles. The van der Waals surface area contributed by atoms with Crippen molar-refractivity contribution in [3.63, 3.8) is 0 Å². The highest BCUT2D eigenvalue weighted by atomic mass is 32.1. The Morgan fingerprint density at radius 2 is 1.06 bits per heavy atom. The largest absolute Gasteiger partial charge is 0.349 e. The van der Waals surface area contributed by atoms with Gasteiger partial charge in [0.2, 0.25) is 0 Å². The lowest BCUT2D eigenvalue weighted by atomic mass is 9.78. The number of aromatic amines is 3. The summed E-state index contributed by atoms with van der Waals surface area (Å²) in [6.45, 7) is 27.7. The van der Waals surface area contributed by atoms with Gasteiger partial charge in [0.25, 0.3) is 0 Å². The Kier molecular flexibility index (Phi) is 4.93. The summed E-state index contributed by atoms with van der Waals surface area (Å²) in [5.74, 6) is 0. The quantitative estimate of drug-likeness (QED) is 0.259. The van der Waals surface area contributed by atoms with Crippen molar-refractivity contribution in [2.45, 2.75) is 105 Å². The highest BCUT2D eigenvalue weighted by Crippen LogP contribution is 2.45. The number of thiophene rings is 1. The van der Waals surface area contributed by atoms with E-state index in [0.29, 0.717) is 0 Å². The van der Waals surface area contributed by atoms with E-state index >= 15 is 0 Å². The summed E-state index contributed by atoms with van der Waals surface area (Å²) < 4.78 is 0. The van der Waals surface area contributed by atoms with Gasteiger partial charge in [0.1, 0.15) is 10.5 Å². The number of rotatable bonds is 1. The number of hydrogen-bond donors (Lipinski definition) is 3. The van der Waals surface area contributed by atoms with Crippen LogP contribution < -0.4 is 0 Å². The van der Waals surface area contributed by atoms with E-state index in [-0.39, 0.29) is 21.7 Å². The molecule has 0 unspecified atom stereocenters. The molecule has 3 N–H and O–H groups in total. The van der Waals surface area contributed by atoms with Crippen LogP contribution in [0, 0.1) is 0 Å². The van der Waals surface area contributed by atoms with Gasteiger partial charge in [-0.25, -0.2) is 0 Å². The van der Waals surface area contributed by atoms with Gasteiger partial charge in [-0.1, -0.05) is 83.1 Å². The van der Waals surface area contributed by atoms with Gasteiger partial charge in [-0.3, -0.25) is 0 Å². The average Bonchev–Trinajstić information content (AvgIpc) is 3.26. The predicted molar refractivity (Wildman–Crippen MR) is 143 cm³/mol. The van der Waals surface area contributed by atoms with E-state index in [1.807, 2.05) is 11.3 Å². The fourth-order valence-electron chi connectivity index (χ4n) is 5.00. The molecule has 0 saturated heterocycles. The molecule has 174 valence electrons. The first-order chi connectivity index (χ1) is 14.4. The van der Waals surface area contributed by atoms with Crippen LogP contribution in [0.5, 0.6) is 0 Å². The minimum atomic E-state index is 0.0723. The molecule has 4 aromatic heterocycles. The third kappa shape index (κ3) is 3.75. The summed E-state index contributed by atoms with van der Waals surface area (Å²) in [4.78, 5) is 13.8. The molecule has 0 spiro atoms. The summed E-state index contributed by atoms with van der Waals surface area (Å²) in [5, 5.41) is 2.69. The molecule has 0 atom stereocenters. The van der Waals surface area contributed by atoms with Gasteiger partial charge < -0.3 is 15.0 Å². The van der Waals surface area contributed by atoms with Crippen LogP contribution in [0.2, 0.25) is 0 Å². The molecule has 32 heavy (non-hydrogen) atoms. The Balaban J connectivity index is 1.91. The highest BCUT2D eigenvalue weighted by molar-refractivity contribution is 7.21. The number of H-pyrrole nitrogens is 3. The van der Waals surface area contributed by atoms with Crippen LogP contribution in [-0.4, -0.2) is 15.0 Å². The SMILES string of the molecule is CC(C)(C)c1[nH]c2[nH]c(-c3cc4c(C(C)(C)C)c(C(C)(C)C)[nH]c4s3)cc2c1C(C)(C)C. The van der Waals surface area contributed by atoms with Gasteiger partial charge >= 0.3 is 0 Å². The van der Waals surface area contributed by atoms with Crippen LogP contribution in [0.3, 0.4) is 0 Å². The molecule has 0 radical (unpaired) electrons. The zero-order valence-electron chi connectivity index (χ0n) is 22.1. The van der Waals surface area contributed by atoms with E-state index < -0.39 is 0 Å². The Hall–Kier alpha value is -1.94. The van der Waals surface area contributed by atoms with Gasteiger partial charge in [-0.15, -0.1) is 11.3 Å². The Morgan fingerprint density at radius 3 is 1.56 bits per heavy atom. The molecule has 4 heteroatoms. The van der Waals surface area contributed by atoms with Gasteiger partial charge in [-0.05, 0) is 34.1 Å². The Morgan fingerprint density at radius 1 is 0.562 bits per heavy atom. The standard InChI is InChI=1S/C28H41N3S/c1-25(2,3)19-15-13-17(29-23(15)30-21(19)27(7,8)9)18-14-16-20(26(4,5)6)22(28(10,11)12)31-24(16)32-18/h13-14,29-31H,1-12H3. The predicted octanol–water partition coefficient (Wildman–Crippen LogP) is 8.90. The summed E-state index contributed by atoms with van der Waals surface area (Å²) in [6, 6.07) is 4.74. The van der Waals surface area contributed by atoms with Crippen molar-refractivity contribution < 1.29 is 0 Å². The smallest absolute Gasteiger partial charge is 0.115 e. The van der Waals surface area contributed by atoms with Crippen molar-refractivity contribution in [2.75, 3.05) is 0 Å². The molecule has 0 fully saturated rings. The lowest BCUT2D eigenvalue weighted by molar-refractivity contribution is 0.524. The van der Waals surface area contributed by atoms with E-state index in [2.05, 4.69) is 110 Å². The monoisotopic (exact) mass is 451 g/mol. The summed E-state index contributed by atoms with van der Waals surface area (Å²) in [7, 11) is 0. The van der Waals surface area contributed by atoms with Crippen LogP contribution in [0.1, 0.15) is 106 Å². The van der Waals surface area contributed by atoms with Crippen LogP contribution in [0.4, 0.5) is 0 Å². The molecule has 0 aliphatic heterocycles. The van der Waals surface area contributed by atoms with Crippen molar-refractivity contribution in [1.29, 1.82) is 0 Å². The molecular formula is C28H41N3S. The Labute approximate surface area is 197 Å². The summed E-state index contributed by atoms with van der Waals surface area (Å²) in [6.07, 6.45) is 0. The van der Waals surface area contributed by atoms with Gasteiger partial charge in [-0.2, -0.15) is 0 Å². The topological polar surface area (TPSA) is 47.4 Å². The lowest BCUT2D eigenvalue weighted by Crippen LogP contribution is -2.21. The van der Waals surface area contributed by atoms with E-state index in [4.69, 9.17) is 0 Å². The third-order valence-corrected chi connectivity index (χ3v) is 7.43. The number of hydrogen-bond acceptors (Lipinski definition) is 1. The number of aromatic nitrogens is 3. The number of fused-ring (bicyclic) bond motifs is 2. The second-order valence-corrected chi connectivity index (χ2v) is 14.6. The van der Waals surface area contributed by atoms with Crippen molar-refractivity contribution in [1.82, 2.24) is 15.0 Å². The van der Waals surface area contributed by atoms with E-state index in [9.17, 15) is 0 Å². The fraction of sp³-hybridized carbons (Fsp3) is 0.571. The molecule has 0 amide bonds. The molecular weight excluding hydrogens is 410 g/mol. The molecule has 4 rings (SSSR count). The van der Waals surface area contributed by atoms with Gasteiger partial charge in [0, 0.05) is 33.0 Å². The molecule has 0 aliphatic carbocycles. The first kappa shape index (κ1) is 23.2. The van der Waals surface area contributed by atoms with Gasteiger partial charge in [0.15, 0.2) is 0 Å². The minimum absolute atomic E-state index is 0.0723. The molecule has 0 aliphatic rings. The van der Waals surface area contributed by atoms with Crippen LogP contribution in [0.15, 0.2) is 12.1 Å². The van der Waals surface area contributed by atoms with Crippen molar-refractivity contribution >= 4 is 32.6 Å². The first-order valence-electron chi connectivity index (χ1n) is 11.8. The zero-order chi connectivity index (χ0) is 24.0. The minimum Gasteiger partial charge on any atom is -0.349 e. The normalized spacial score (nSPS) is 14.2. The third-order valence-electron chi connectivity index (χ3n) is 6.34. The molecule has 3 nitrogen and oxygen atoms in total. The van der Waals surface area contributed by atoms with E-state index in [0.717, 1.165) is 5.65 Å². The van der Waals surface area contributed by atoms with Crippen molar-refractivity contribution in [3.05, 3.63) is 34.6 Å². The van der Waals surface area contributed by atoms with E-state index in [1.54, 1.807) is 0 Å². The summed E-state index contributed by atoms with van der Waals surface area (Å²) in [5.41, 5.74) is 8.23.